The Bertz CT molecular complexity index is 1130. The van der Waals surface area contributed by atoms with Crippen LogP contribution in [0.1, 0.15) is 30.5 Å². The number of amides is 2. The van der Waals surface area contributed by atoms with Crippen LogP contribution < -0.4 is 14.8 Å². The van der Waals surface area contributed by atoms with E-state index in [1.54, 1.807) is 17.9 Å². The van der Waals surface area contributed by atoms with Crippen LogP contribution in [0.4, 0.5) is 4.79 Å². The molecule has 0 saturated carbocycles. The van der Waals surface area contributed by atoms with Crippen molar-refractivity contribution in [3.8, 4) is 17.2 Å². The molecule has 9 nitrogen and oxygen atoms in total. The molecule has 178 valence electrons. The minimum atomic E-state index is -3.84. The molecule has 2 aliphatic heterocycles. The third kappa shape index (κ3) is 5.01. The van der Waals surface area contributed by atoms with Gasteiger partial charge in [-0.05, 0) is 49.2 Å². The summed E-state index contributed by atoms with van der Waals surface area (Å²) in [5, 5.41) is 13.0. The molecule has 0 spiro atoms. The van der Waals surface area contributed by atoms with Crippen molar-refractivity contribution in [2.45, 2.75) is 31.2 Å². The molecule has 1 fully saturated rings. The van der Waals surface area contributed by atoms with Crippen LogP contribution in [0, 0.1) is 6.92 Å². The Morgan fingerprint density at radius 2 is 1.73 bits per heavy atom. The van der Waals surface area contributed by atoms with E-state index in [2.05, 4.69) is 5.32 Å². The number of carbonyl (C=O) groups excluding carboxylic acids is 1. The highest BCUT2D eigenvalue weighted by molar-refractivity contribution is 7.89. The lowest BCUT2D eigenvalue weighted by Crippen LogP contribution is -2.53. The number of piperazine rings is 1. The summed E-state index contributed by atoms with van der Waals surface area (Å²) in [4.78, 5) is 14.3. The van der Waals surface area contributed by atoms with E-state index in [-0.39, 0.29) is 48.9 Å². The van der Waals surface area contributed by atoms with E-state index in [1.807, 2.05) is 25.1 Å². The molecule has 2 N–H and O–H groups in total. The van der Waals surface area contributed by atoms with Crippen molar-refractivity contribution in [2.75, 3.05) is 39.4 Å². The molecule has 2 aromatic rings. The lowest BCUT2D eigenvalue weighted by molar-refractivity contribution is 0.169. The Labute approximate surface area is 194 Å². The lowest BCUT2D eigenvalue weighted by atomic mass is 10.1. The molecule has 10 heteroatoms. The zero-order valence-corrected chi connectivity index (χ0v) is 19.6. The fourth-order valence-corrected chi connectivity index (χ4v) is 5.50. The molecular weight excluding hydrogens is 446 g/mol. The SMILES string of the molecule is Cc1ccc(O)c(S(=O)(=O)N2CCN(C(=O)NC(C)c3ccc4c(c3)OCCCO4)CC2)c1. The maximum absolute atomic E-state index is 13.0. The summed E-state index contributed by atoms with van der Waals surface area (Å²) in [6, 6.07) is 9.60. The number of urea groups is 1. The number of carbonyl (C=O) groups is 1. The number of aromatic hydroxyl groups is 1. The Morgan fingerprint density at radius 1 is 1.03 bits per heavy atom. The zero-order chi connectivity index (χ0) is 23.6. The van der Waals surface area contributed by atoms with Gasteiger partial charge in [0.25, 0.3) is 0 Å². The first-order valence-corrected chi connectivity index (χ1v) is 12.4. The standard InChI is InChI=1S/C23H29N3O6S/c1-16-4-6-19(27)22(14-16)33(29,30)26-10-8-25(9-11-26)23(28)24-17(2)18-5-7-20-21(15-18)32-13-3-12-31-20/h4-7,14-15,17,27H,3,8-13H2,1-2H3,(H,24,28). The van der Waals surface area contributed by atoms with Gasteiger partial charge in [-0.25, -0.2) is 13.2 Å². The average molecular weight is 476 g/mol. The largest absolute Gasteiger partial charge is 0.507 e. The van der Waals surface area contributed by atoms with Crippen LogP contribution in [0.2, 0.25) is 0 Å². The molecule has 2 heterocycles. The average Bonchev–Trinajstić information content (AvgIpc) is 3.05. The maximum atomic E-state index is 13.0. The van der Waals surface area contributed by atoms with Gasteiger partial charge in [0, 0.05) is 32.6 Å². The molecule has 1 saturated heterocycles. The number of nitrogens with one attached hydrogen (secondary N) is 1. The van der Waals surface area contributed by atoms with Gasteiger partial charge in [-0.3, -0.25) is 0 Å². The lowest BCUT2D eigenvalue weighted by Gasteiger charge is -2.34. The van der Waals surface area contributed by atoms with Gasteiger partial charge in [0.05, 0.1) is 19.3 Å². The molecule has 0 aliphatic carbocycles. The van der Waals surface area contributed by atoms with Crippen LogP contribution in [0.15, 0.2) is 41.3 Å². The first kappa shape index (κ1) is 23.2. The van der Waals surface area contributed by atoms with E-state index in [0.717, 1.165) is 17.5 Å². The predicted octanol–water partition coefficient (Wildman–Crippen LogP) is 2.64. The highest BCUT2D eigenvalue weighted by Gasteiger charge is 2.32. The quantitative estimate of drug-likeness (QED) is 0.704. The number of ether oxygens (including phenoxy) is 2. The molecule has 2 aliphatic rings. The van der Waals surface area contributed by atoms with Crippen molar-refractivity contribution in [3.05, 3.63) is 47.5 Å². The van der Waals surface area contributed by atoms with Gasteiger partial charge in [-0.1, -0.05) is 12.1 Å². The fourth-order valence-electron chi connectivity index (χ4n) is 3.91. The molecule has 1 atom stereocenters. The first-order valence-electron chi connectivity index (χ1n) is 11.0. The van der Waals surface area contributed by atoms with Gasteiger partial charge >= 0.3 is 6.03 Å². The number of rotatable bonds is 4. The van der Waals surface area contributed by atoms with Crippen LogP contribution >= 0.6 is 0 Å². The van der Waals surface area contributed by atoms with E-state index in [9.17, 15) is 18.3 Å². The third-order valence-electron chi connectivity index (χ3n) is 5.87. The molecular formula is C23H29N3O6S. The van der Waals surface area contributed by atoms with Crippen LogP contribution in [-0.2, 0) is 10.0 Å². The van der Waals surface area contributed by atoms with Crippen molar-refractivity contribution in [1.82, 2.24) is 14.5 Å². The van der Waals surface area contributed by atoms with Crippen molar-refractivity contribution in [3.63, 3.8) is 0 Å². The van der Waals surface area contributed by atoms with Crippen molar-refractivity contribution in [2.24, 2.45) is 0 Å². The van der Waals surface area contributed by atoms with E-state index in [0.29, 0.717) is 24.7 Å². The molecule has 1 unspecified atom stereocenters. The number of phenols is 1. The van der Waals surface area contributed by atoms with Gasteiger partial charge in [-0.15, -0.1) is 0 Å². The van der Waals surface area contributed by atoms with Gasteiger partial charge in [0.2, 0.25) is 10.0 Å². The number of aryl methyl sites for hydroxylation is 1. The van der Waals surface area contributed by atoms with Crippen LogP contribution in [0.5, 0.6) is 17.2 Å². The van der Waals surface area contributed by atoms with Gasteiger partial charge < -0.3 is 24.8 Å². The minimum absolute atomic E-state index is 0.108. The van der Waals surface area contributed by atoms with Gasteiger partial charge in [0.15, 0.2) is 11.5 Å². The highest BCUT2D eigenvalue weighted by Crippen LogP contribution is 2.32. The second-order valence-electron chi connectivity index (χ2n) is 8.29. The first-order chi connectivity index (χ1) is 15.8. The van der Waals surface area contributed by atoms with Crippen molar-refractivity contribution >= 4 is 16.1 Å². The molecule has 2 aromatic carbocycles. The minimum Gasteiger partial charge on any atom is -0.507 e. The fraction of sp³-hybridized carbons (Fsp3) is 0.435. The zero-order valence-electron chi connectivity index (χ0n) is 18.8. The molecule has 33 heavy (non-hydrogen) atoms. The monoisotopic (exact) mass is 475 g/mol. The van der Waals surface area contributed by atoms with Crippen LogP contribution in [0.3, 0.4) is 0 Å². The summed E-state index contributed by atoms with van der Waals surface area (Å²) in [5.41, 5.74) is 1.64. The van der Waals surface area contributed by atoms with Crippen LogP contribution in [0.25, 0.3) is 0 Å². The van der Waals surface area contributed by atoms with E-state index < -0.39 is 10.0 Å². The van der Waals surface area contributed by atoms with Gasteiger partial charge in [-0.2, -0.15) is 4.31 Å². The molecule has 2 amide bonds. The number of sulfonamides is 1. The summed E-state index contributed by atoms with van der Waals surface area (Å²) >= 11 is 0. The third-order valence-corrected chi connectivity index (χ3v) is 7.80. The molecule has 0 radical (unpaired) electrons. The van der Waals surface area contributed by atoms with E-state index in [4.69, 9.17) is 9.47 Å². The second-order valence-corrected chi connectivity index (χ2v) is 10.2. The number of fused-ring (bicyclic) bond motifs is 1. The Morgan fingerprint density at radius 3 is 2.45 bits per heavy atom. The van der Waals surface area contributed by atoms with E-state index in [1.165, 1.54) is 16.4 Å². The number of hydrogen-bond acceptors (Lipinski definition) is 6. The predicted molar refractivity (Wildman–Crippen MR) is 122 cm³/mol. The summed E-state index contributed by atoms with van der Waals surface area (Å²) in [7, 11) is -3.84. The van der Waals surface area contributed by atoms with Crippen molar-refractivity contribution in [1.29, 1.82) is 0 Å². The topological polar surface area (TPSA) is 108 Å². The number of phenolic OH excluding ortho intramolecular Hbond substituents is 1. The summed E-state index contributed by atoms with van der Waals surface area (Å²) < 4.78 is 38.6. The highest BCUT2D eigenvalue weighted by atomic mass is 32.2. The summed E-state index contributed by atoms with van der Waals surface area (Å²) in [6.07, 6.45) is 0.821. The Hall–Kier alpha value is -2.98. The number of nitrogens with zero attached hydrogens (tertiary/aromatic N) is 2. The second kappa shape index (κ2) is 9.48. The van der Waals surface area contributed by atoms with E-state index >= 15 is 0 Å². The summed E-state index contributed by atoms with van der Waals surface area (Å²) in [6.45, 7) is 5.68. The van der Waals surface area contributed by atoms with Crippen molar-refractivity contribution < 1.29 is 27.8 Å². The molecule has 4 rings (SSSR count). The maximum Gasteiger partial charge on any atom is 0.317 e. The van der Waals surface area contributed by atoms with Gasteiger partial charge in [0.1, 0.15) is 10.6 Å². The smallest absolute Gasteiger partial charge is 0.317 e. The Balaban J connectivity index is 1.37. The number of hydrogen-bond donors (Lipinski definition) is 2. The molecule has 0 aromatic heterocycles. The normalized spacial score (nSPS) is 17.8. The molecule has 0 bridgehead atoms. The Kier molecular flexibility index (Phi) is 6.66. The summed E-state index contributed by atoms with van der Waals surface area (Å²) in [5.74, 6) is 1.10. The number of benzene rings is 2. The van der Waals surface area contributed by atoms with Crippen LogP contribution in [-0.4, -0.2) is 68.2 Å².